The predicted octanol–water partition coefficient (Wildman–Crippen LogP) is 0.778. The first kappa shape index (κ1) is 7.65. The Kier molecular flexibility index (Phi) is 7.27. The topological polar surface area (TPSA) is 29.5 Å². The minimum Gasteiger partial charge on any atom is -0.371 e. The van der Waals surface area contributed by atoms with E-state index in [2.05, 4.69) is 27.3 Å². The van der Waals surface area contributed by atoms with Gasteiger partial charge in [-0.3, -0.25) is 0 Å². The minimum absolute atomic E-state index is 0.142. The fourth-order valence-corrected chi connectivity index (χ4v) is 0.533. The summed E-state index contributed by atoms with van der Waals surface area (Å²) in [7, 11) is 0. The molecule has 7 heavy (non-hydrogen) atoms. The molecule has 0 unspecified atom stereocenters. The van der Waals surface area contributed by atoms with E-state index < -0.39 is 0 Å². The van der Waals surface area contributed by atoms with Gasteiger partial charge in [0.1, 0.15) is 6.79 Å². The Morgan fingerprint density at radius 1 is 1.57 bits per heavy atom. The van der Waals surface area contributed by atoms with Crippen LogP contribution in [-0.2, 0) is 4.74 Å². The highest BCUT2D eigenvalue weighted by atomic mass is 127. The fraction of sp³-hybridized carbons (Fsp3) is 1.00. The highest BCUT2D eigenvalue weighted by Gasteiger charge is 1.80. The average molecular weight is 216 g/mol. The largest absolute Gasteiger partial charge is 0.371 e. The lowest BCUT2D eigenvalue weighted by atomic mass is 10.5. The van der Waals surface area contributed by atoms with Crippen LogP contribution in [0, 0.1) is 0 Å². The molecule has 0 aromatic heterocycles. The molecule has 0 bridgehead atoms. The Bertz CT molecular complexity index is 28.9. The molecule has 0 aliphatic rings. The Morgan fingerprint density at radius 2 is 2.29 bits per heavy atom. The van der Waals surface area contributed by atoms with E-state index in [-0.39, 0.29) is 6.79 Å². The van der Waals surface area contributed by atoms with E-state index in [1.54, 1.807) is 0 Å². The normalized spacial score (nSPS) is 9.43. The van der Waals surface area contributed by atoms with E-state index in [4.69, 9.17) is 5.11 Å². The quantitative estimate of drug-likeness (QED) is 0.325. The fourth-order valence-electron chi connectivity index (χ4n) is 0.221. The molecule has 0 aliphatic carbocycles. The first-order valence-electron chi connectivity index (χ1n) is 2.16. The summed E-state index contributed by atoms with van der Waals surface area (Å²) in [5.74, 6) is 0. The van der Waals surface area contributed by atoms with Crippen LogP contribution in [0.2, 0.25) is 0 Å². The molecule has 0 heterocycles. The minimum atomic E-state index is -0.142. The average Bonchev–Trinajstić information content (AvgIpc) is 1.69. The van der Waals surface area contributed by atoms with Crippen LogP contribution in [-0.4, -0.2) is 22.9 Å². The number of rotatable bonds is 4. The first-order chi connectivity index (χ1) is 3.41. The number of halogens is 1. The summed E-state index contributed by atoms with van der Waals surface area (Å²) in [5, 5.41) is 8.07. The Hall–Kier alpha value is 0.650. The molecule has 0 saturated carbocycles. The van der Waals surface area contributed by atoms with Gasteiger partial charge < -0.3 is 9.84 Å². The maximum atomic E-state index is 8.07. The lowest BCUT2D eigenvalue weighted by molar-refractivity contribution is -0.000359. The molecule has 0 aromatic rings. The van der Waals surface area contributed by atoms with Gasteiger partial charge in [-0.2, -0.15) is 0 Å². The van der Waals surface area contributed by atoms with E-state index in [9.17, 15) is 0 Å². The van der Waals surface area contributed by atoms with Crippen LogP contribution in [0.1, 0.15) is 6.42 Å². The van der Waals surface area contributed by atoms with Crippen LogP contribution in [0.25, 0.3) is 0 Å². The van der Waals surface area contributed by atoms with Gasteiger partial charge in [0.25, 0.3) is 0 Å². The monoisotopic (exact) mass is 216 g/mol. The number of alkyl halides is 1. The number of hydrogen-bond donors (Lipinski definition) is 1. The van der Waals surface area contributed by atoms with Crippen molar-refractivity contribution in [2.24, 2.45) is 0 Å². The number of aliphatic hydroxyl groups is 1. The third kappa shape index (κ3) is 6.65. The Labute approximate surface area is 57.0 Å². The van der Waals surface area contributed by atoms with E-state index >= 15 is 0 Å². The molecule has 0 aromatic carbocycles. The second-order valence-corrected chi connectivity index (χ2v) is 2.16. The third-order valence-electron chi connectivity index (χ3n) is 0.514. The number of hydrogen-bond acceptors (Lipinski definition) is 2. The van der Waals surface area contributed by atoms with Gasteiger partial charge in [0.15, 0.2) is 0 Å². The summed E-state index contributed by atoms with van der Waals surface area (Å²) in [4.78, 5) is 0. The van der Waals surface area contributed by atoms with E-state index in [0.29, 0.717) is 6.61 Å². The number of aliphatic hydroxyl groups excluding tert-OH is 1. The molecule has 3 heteroatoms. The Morgan fingerprint density at radius 3 is 2.71 bits per heavy atom. The van der Waals surface area contributed by atoms with E-state index in [0.717, 1.165) is 10.8 Å². The maximum Gasteiger partial charge on any atom is 0.143 e. The summed E-state index contributed by atoms with van der Waals surface area (Å²) in [6, 6.07) is 0. The zero-order valence-corrected chi connectivity index (χ0v) is 6.22. The molecular weight excluding hydrogens is 207 g/mol. The van der Waals surface area contributed by atoms with Crippen molar-refractivity contribution in [3.05, 3.63) is 0 Å². The molecule has 0 aliphatic heterocycles. The van der Waals surface area contributed by atoms with Crippen molar-refractivity contribution in [3.63, 3.8) is 0 Å². The Balaban J connectivity index is 2.45. The summed E-state index contributed by atoms with van der Waals surface area (Å²) in [6.07, 6.45) is 1.03. The lowest BCUT2D eigenvalue weighted by Gasteiger charge is -1.93. The second-order valence-electron chi connectivity index (χ2n) is 1.08. The molecule has 0 rings (SSSR count). The van der Waals surface area contributed by atoms with Crippen LogP contribution < -0.4 is 0 Å². The molecule has 0 saturated heterocycles. The molecular formula is C4H9IO2. The highest BCUT2D eigenvalue weighted by Crippen LogP contribution is 1.87. The van der Waals surface area contributed by atoms with Crippen molar-refractivity contribution in [1.29, 1.82) is 0 Å². The van der Waals surface area contributed by atoms with Gasteiger partial charge in [-0.15, -0.1) is 0 Å². The van der Waals surface area contributed by atoms with Crippen LogP contribution in [0.4, 0.5) is 0 Å². The van der Waals surface area contributed by atoms with Crippen molar-refractivity contribution in [3.8, 4) is 0 Å². The van der Waals surface area contributed by atoms with Crippen molar-refractivity contribution in [1.82, 2.24) is 0 Å². The smallest absolute Gasteiger partial charge is 0.143 e. The van der Waals surface area contributed by atoms with Gasteiger partial charge in [0, 0.05) is 4.43 Å². The number of ether oxygens (including phenoxy) is 1. The second kappa shape index (κ2) is 6.65. The summed E-state index contributed by atoms with van der Waals surface area (Å²) < 4.78 is 5.72. The van der Waals surface area contributed by atoms with Crippen molar-refractivity contribution < 1.29 is 9.84 Å². The zero-order valence-electron chi connectivity index (χ0n) is 4.06. The van der Waals surface area contributed by atoms with Crippen LogP contribution in [0.15, 0.2) is 0 Å². The van der Waals surface area contributed by atoms with Crippen molar-refractivity contribution in [2.45, 2.75) is 6.42 Å². The van der Waals surface area contributed by atoms with Gasteiger partial charge in [0.2, 0.25) is 0 Å². The summed E-state index contributed by atoms with van der Waals surface area (Å²) >= 11 is 2.27. The molecule has 0 amide bonds. The van der Waals surface area contributed by atoms with Crippen molar-refractivity contribution >= 4 is 22.6 Å². The molecule has 0 radical (unpaired) electrons. The molecule has 1 N–H and O–H groups in total. The highest BCUT2D eigenvalue weighted by molar-refractivity contribution is 14.1. The standard InChI is InChI=1S/C4H9IO2/c5-2-1-3-7-4-6/h6H,1-4H2. The lowest BCUT2D eigenvalue weighted by Crippen LogP contribution is -1.94. The summed E-state index contributed by atoms with van der Waals surface area (Å²) in [5.41, 5.74) is 0. The van der Waals surface area contributed by atoms with Gasteiger partial charge in [0.05, 0.1) is 6.61 Å². The zero-order chi connectivity index (χ0) is 5.54. The molecule has 0 spiro atoms. The predicted molar refractivity (Wildman–Crippen MR) is 36.5 cm³/mol. The first-order valence-corrected chi connectivity index (χ1v) is 3.69. The van der Waals surface area contributed by atoms with Crippen LogP contribution >= 0.6 is 22.6 Å². The van der Waals surface area contributed by atoms with E-state index in [1.807, 2.05) is 0 Å². The SMILES string of the molecule is OCOCCCI. The third-order valence-corrected chi connectivity index (χ3v) is 1.28. The molecule has 2 nitrogen and oxygen atoms in total. The van der Waals surface area contributed by atoms with Crippen LogP contribution in [0.5, 0.6) is 0 Å². The van der Waals surface area contributed by atoms with Crippen LogP contribution in [0.3, 0.4) is 0 Å². The molecule has 0 fully saturated rings. The van der Waals surface area contributed by atoms with E-state index in [1.165, 1.54) is 0 Å². The van der Waals surface area contributed by atoms with Gasteiger partial charge >= 0.3 is 0 Å². The molecule has 44 valence electrons. The van der Waals surface area contributed by atoms with Gasteiger partial charge in [-0.25, -0.2) is 0 Å². The van der Waals surface area contributed by atoms with Gasteiger partial charge in [-0.05, 0) is 6.42 Å². The van der Waals surface area contributed by atoms with Gasteiger partial charge in [-0.1, -0.05) is 22.6 Å². The molecule has 0 atom stereocenters. The maximum absolute atomic E-state index is 8.07. The summed E-state index contributed by atoms with van der Waals surface area (Å²) in [6.45, 7) is 0.538. The van der Waals surface area contributed by atoms with Crippen molar-refractivity contribution in [2.75, 3.05) is 17.8 Å².